The molecule has 2 rings (SSSR count). The Bertz CT molecular complexity index is 652. The average Bonchev–Trinajstić information content (AvgIpc) is 2.50. The molecule has 2 amide bonds. The number of hydrogen-bond donors (Lipinski definition) is 2. The monoisotopic (exact) mass is 310 g/mol. The number of carbonyl (C=O) groups excluding carboxylic acids is 1. The SMILES string of the molecule is CCCCc1ccc(NC(=O)Nc2c(C)cc(C)cc2C)cc1. The van der Waals surface area contributed by atoms with Crippen molar-refractivity contribution in [1.29, 1.82) is 0 Å². The molecule has 0 heterocycles. The highest BCUT2D eigenvalue weighted by molar-refractivity contribution is 6.00. The van der Waals surface area contributed by atoms with Gasteiger partial charge in [0.15, 0.2) is 0 Å². The van der Waals surface area contributed by atoms with Crippen LogP contribution in [0, 0.1) is 20.8 Å². The summed E-state index contributed by atoms with van der Waals surface area (Å²) in [7, 11) is 0. The smallest absolute Gasteiger partial charge is 0.308 e. The highest BCUT2D eigenvalue weighted by Gasteiger charge is 2.08. The van der Waals surface area contributed by atoms with E-state index in [9.17, 15) is 4.79 Å². The van der Waals surface area contributed by atoms with Gasteiger partial charge in [0.2, 0.25) is 0 Å². The number of aryl methyl sites for hydroxylation is 4. The Kier molecular flexibility index (Phi) is 5.80. The van der Waals surface area contributed by atoms with E-state index in [2.05, 4.69) is 48.7 Å². The van der Waals surface area contributed by atoms with Crippen LogP contribution in [0.4, 0.5) is 16.2 Å². The van der Waals surface area contributed by atoms with E-state index in [1.165, 1.54) is 24.0 Å². The second-order valence-corrected chi connectivity index (χ2v) is 6.15. The first-order valence-corrected chi connectivity index (χ1v) is 8.24. The van der Waals surface area contributed by atoms with Gasteiger partial charge in [-0.05, 0) is 62.4 Å². The van der Waals surface area contributed by atoms with Gasteiger partial charge in [0.05, 0.1) is 0 Å². The van der Waals surface area contributed by atoms with Crippen molar-refractivity contribution in [2.45, 2.75) is 47.0 Å². The molecule has 23 heavy (non-hydrogen) atoms. The molecule has 2 N–H and O–H groups in total. The van der Waals surface area contributed by atoms with Crippen molar-refractivity contribution in [3.8, 4) is 0 Å². The van der Waals surface area contributed by atoms with Crippen LogP contribution in [0.2, 0.25) is 0 Å². The van der Waals surface area contributed by atoms with Gasteiger partial charge in [-0.2, -0.15) is 0 Å². The molecule has 0 aromatic heterocycles. The van der Waals surface area contributed by atoms with Crippen LogP contribution in [0.25, 0.3) is 0 Å². The second-order valence-electron chi connectivity index (χ2n) is 6.15. The number of unbranched alkanes of at least 4 members (excludes halogenated alkanes) is 1. The summed E-state index contributed by atoms with van der Waals surface area (Å²) >= 11 is 0. The maximum absolute atomic E-state index is 12.2. The minimum absolute atomic E-state index is 0.207. The third-order valence-corrected chi connectivity index (χ3v) is 3.95. The van der Waals surface area contributed by atoms with Crippen molar-refractivity contribution in [3.05, 3.63) is 58.7 Å². The maximum Gasteiger partial charge on any atom is 0.323 e. The van der Waals surface area contributed by atoms with Gasteiger partial charge in [0.1, 0.15) is 0 Å². The van der Waals surface area contributed by atoms with Crippen LogP contribution in [0.15, 0.2) is 36.4 Å². The van der Waals surface area contributed by atoms with Gasteiger partial charge >= 0.3 is 6.03 Å². The fourth-order valence-corrected chi connectivity index (χ4v) is 2.79. The summed E-state index contributed by atoms with van der Waals surface area (Å²) in [6.45, 7) is 8.27. The van der Waals surface area contributed by atoms with Crippen LogP contribution in [0.3, 0.4) is 0 Å². The fraction of sp³-hybridized carbons (Fsp3) is 0.350. The summed E-state index contributed by atoms with van der Waals surface area (Å²) in [4.78, 5) is 12.2. The van der Waals surface area contributed by atoms with Crippen LogP contribution in [0.1, 0.15) is 42.0 Å². The molecule has 0 atom stereocenters. The summed E-state index contributed by atoms with van der Waals surface area (Å²) in [6.07, 6.45) is 3.47. The summed E-state index contributed by atoms with van der Waals surface area (Å²) in [5.74, 6) is 0. The van der Waals surface area contributed by atoms with Gasteiger partial charge in [0.25, 0.3) is 0 Å². The number of hydrogen-bond acceptors (Lipinski definition) is 1. The van der Waals surface area contributed by atoms with E-state index in [4.69, 9.17) is 0 Å². The third kappa shape index (κ3) is 4.85. The third-order valence-electron chi connectivity index (χ3n) is 3.95. The fourth-order valence-electron chi connectivity index (χ4n) is 2.79. The summed E-state index contributed by atoms with van der Waals surface area (Å²) in [5, 5.41) is 5.85. The molecule has 0 saturated carbocycles. The van der Waals surface area contributed by atoms with E-state index in [0.717, 1.165) is 28.9 Å². The number of carbonyl (C=O) groups is 1. The zero-order valence-electron chi connectivity index (χ0n) is 14.5. The predicted octanol–water partition coefficient (Wildman–Crippen LogP) is 5.60. The molecule has 0 saturated heterocycles. The lowest BCUT2D eigenvalue weighted by molar-refractivity contribution is 0.262. The molecular formula is C20H26N2O. The van der Waals surface area contributed by atoms with Gasteiger partial charge in [-0.3, -0.25) is 0 Å². The summed E-state index contributed by atoms with van der Waals surface area (Å²) in [6, 6.07) is 12.0. The first-order chi connectivity index (χ1) is 11.0. The molecule has 0 spiro atoms. The quantitative estimate of drug-likeness (QED) is 0.741. The molecule has 0 aliphatic rings. The van der Waals surface area contributed by atoms with E-state index >= 15 is 0 Å². The van der Waals surface area contributed by atoms with Gasteiger partial charge in [0, 0.05) is 11.4 Å². The highest BCUT2D eigenvalue weighted by Crippen LogP contribution is 2.22. The number of amides is 2. The van der Waals surface area contributed by atoms with Crippen LogP contribution >= 0.6 is 0 Å². The van der Waals surface area contributed by atoms with E-state index in [1.54, 1.807) is 0 Å². The van der Waals surface area contributed by atoms with E-state index in [-0.39, 0.29) is 6.03 Å². The van der Waals surface area contributed by atoms with Crippen LogP contribution in [-0.4, -0.2) is 6.03 Å². The topological polar surface area (TPSA) is 41.1 Å². The summed E-state index contributed by atoms with van der Waals surface area (Å²) in [5.41, 5.74) is 6.36. The lowest BCUT2D eigenvalue weighted by Crippen LogP contribution is -2.20. The minimum atomic E-state index is -0.207. The van der Waals surface area contributed by atoms with E-state index in [1.807, 2.05) is 26.0 Å². The van der Waals surface area contributed by atoms with E-state index < -0.39 is 0 Å². The Balaban J connectivity index is 2.00. The van der Waals surface area contributed by atoms with Gasteiger partial charge < -0.3 is 10.6 Å². The largest absolute Gasteiger partial charge is 0.323 e. The minimum Gasteiger partial charge on any atom is -0.308 e. The first kappa shape index (κ1) is 17.1. The van der Waals surface area contributed by atoms with Crippen LogP contribution in [0.5, 0.6) is 0 Å². The standard InChI is InChI=1S/C20H26N2O/c1-5-6-7-17-8-10-18(11-9-17)21-20(23)22-19-15(3)12-14(2)13-16(19)4/h8-13H,5-7H2,1-4H3,(H2,21,22,23). The summed E-state index contributed by atoms with van der Waals surface area (Å²) < 4.78 is 0. The zero-order valence-corrected chi connectivity index (χ0v) is 14.5. The Morgan fingerprint density at radius 2 is 1.57 bits per heavy atom. The number of nitrogens with one attached hydrogen (secondary N) is 2. The van der Waals surface area contributed by atoms with Gasteiger partial charge in [-0.15, -0.1) is 0 Å². The van der Waals surface area contributed by atoms with E-state index in [0.29, 0.717) is 0 Å². The number of urea groups is 1. The first-order valence-electron chi connectivity index (χ1n) is 8.24. The maximum atomic E-state index is 12.2. The zero-order chi connectivity index (χ0) is 16.8. The number of rotatable bonds is 5. The normalized spacial score (nSPS) is 10.4. The van der Waals surface area contributed by atoms with Crippen molar-refractivity contribution in [2.75, 3.05) is 10.6 Å². The number of benzene rings is 2. The van der Waals surface area contributed by atoms with Gasteiger partial charge in [-0.25, -0.2) is 4.79 Å². The lowest BCUT2D eigenvalue weighted by atomic mass is 10.1. The molecule has 3 heteroatoms. The Labute approximate surface area is 139 Å². The predicted molar refractivity (Wildman–Crippen MR) is 98.3 cm³/mol. The van der Waals surface area contributed by atoms with Crippen LogP contribution < -0.4 is 10.6 Å². The Morgan fingerprint density at radius 3 is 2.13 bits per heavy atom. The Hall–Kier alpha value is -2.29. The molecule has 2 aromatic rings. The molecular weight excluding hydrogens is 284 g/mol. The average molecular weight is 310 g/mol. The van der Waals surface area contributed by atoms with Crippen molar-refractivity contribution >= 4 is 17.4 Å². The molecule has 0 radical (unpaired) electrons. The Morgan fingerprint density at radius 1 is 0.957 bits per heavy atom. The molecule has 0 aliphatic heterocycles. The van der Waals surface area contributed by atoms with Crippen molar-refractivity contribution in [1.82, 2.24) is 0 Å². The molecule has 0 aliphatic carbocycles. The molecule has 0 unspecified atom stereocenters. The lowest BCUT2D eigenvalue weighted by Gasteiger charge is -2.14. The molecule has 3 nitrogen and oxygen atoms in total. The molecule has 0 fully saturated rings. The second kappa shape index (κ2) is 7.82. The van der Waals surface area contributed by atoms with Crippen molar-refractivity contribution < 1.29 is 4.79 Å². The number of anilines is 2. The molecule has 2 aromatic carbocycles. The molecule has 122 valence electrons. The van der Waals surface area contributed by atoms with Crippen LogP contribution in [-0.2, 0) is 6.42 Å². The van der Waals surface area contributed by atoms with Gasteiger partial charge in [-0.1, -0.05) is 43.2 Å². The highest BCUT2D eigenvalue weighted by atomic mass is 16.2. The van der Waals surface area contributed by atoms with Crippen molar-refractivity contribution in [3.63, 3.8) is 0 Å². The van der Waals surface area contributed by atoms with Crippen molar-refractivity contribution in [2.24, 2.45) is 0 Å². The molecule has 0 bridgehead atoms.